The predicted octanol–water partition coefficient (Wildman–Crippen LogP) is 6.28. The van der Waals surface area contributed by atoms with Crippen LogP contribution in [0.1, 0.15) is 92.4 Å². The number of hydrogen-bond acceptors (Lipinski definition) is 1. The molecule has 0 aromatic carbocycles. The van der Waals surface area contributed by atoms with Crippen molar-refractivity contribution in [2.75, 3.05) is 13.6 Å². The third-order valence-corrected chi connectivity index (χ3v) is 5.99. The maximum absolute atomic E-state index is 2.51. The third kappa shape index (κ3) is 12.6. The van der Waals surface area contributed by atoms with Gasteiger partial charge in [0.05, 0.1) is 7.05 Å². The number of rotatable bonds is 16. The van der Waals surface area contributed by atoms with Gasteiger partial charge in [-0.1, -0.05) is 79.6 Å². The van der Waals surface area contributed by atoms with Gasteiger partial charge < -0.3 is 0 Å². The Morgan fingerprint density at radius 3 is 2.07 bits per heavy atom. The second-order valence-electron chi connectivity index (χ2n) is 10.3. The maximum Gasteiger partial charge on any atom is 0.244 e. The highest BCUT2D eigenvalue weighted by atomic mass is 15.2. The van der Waals surface area contributed by atoms with E-state index in [1.807, 2.05) is 0 Å². The van der Waals surface area contributed by atoms with Gasteiger partial charge in [-0.25, -0.2) is 9.13 Å². The van der Waals surface area contributed by atoms with E-state index < -0.39 is 0 Å². The summed E-state index contributed by atoms with van der Waals surface area (Å²) in [5, 5.41) is 0. The first-order valence-corrected chi connectivity index (χ1v) is 12.0. The van der Waals surface area contributed by atoms with Crippen LogP contribution >= 0.6 is 0 Å². The number of imidazole rings is 1. The first-order chi connectivity index (χ1) is 13.3. The van der Waals surface area contributed by atoms with E-state index in [0.717, 1.165) is 30.3 Å². The molecule has 28 heavy (non-hydrogen) atoms. The fourth-order valence-electron chi connectivity index (χ4n) is 4.21. The monoisotopic (exact) mass is 392 g/mol. The van der Waals surface area contributed by atoms with Crippen molar-refractivity contribution >= 4 is 0 Å². The Kier molecular flexibility index (Phi) is 12.8. The van der Waals surface area contributed by atoms with Crippen molar-refractivity contribution in [2.24, 2.45) is 30.7 Å². The summed E-state index contributed by atoms with van der Waals surface area (Å²) in [5.74, 6) is 3.42. The molecule has 3 heteroatoms. The second kappa shape index (κ2) is 14.2. The van der Waals surface area contributed by atoms with Crippen LogP contribution in [0.5, 0.6) is 0 Å². The maximum atomic E-state index is 2.51. The lowest BCUT2D eigenvalue weighted by atomic mass is 9.89. The van der Waals surface area contributed by atoms with Crippen molar-refractivity contribution < 1.29 is 4.57 Å². The summed E-state index contributed by atoms with van der Waals surface area (Å²) in [4.78, 5) is 2.51. The van der Waals surface area contributed by atoms with Crippen LogP contribution in [0.3, 0.4) is 0 Å². The molecule has 2 unspecified atom stereocenters. The molecular formula is C25H50N3+. The van der Waals surface area contributed by atoms with Crippen molar-refractivity contribution in [1.29, 1.82) is 0 Å². The van der Waals surface area contributed by atoms with Gasteiger partial charge in [0.15, 0.2) is 0 Å². The van der Waals surface area contributed by atoms with Gasteiger partial charge in [-0.2, -0.15) is 0 Å². The van der Waals surface area contributed by atoms with E-state index in [1.54, 1.807) is 0 Å². The van der Waals surface area contributed by atoms with E-state index in [4.69, 9.17) is 0 Å². The van der Waals surface area contributed by atoms with Crippen LogP contribution in [0.4, 0.5) is 0 Å². The molecule has 0 aliphatic carbocycles. The normalized spacial score (nSPS) is 14.4. The molecule has 0 fully saturated rings. The molecule has 0 bridgehead atoms. The zero-order chi connectivity index (χ0) is 20.9. The van der Waals surface area contributed by atoms with Gasteiger partial charge in [0, 0.05) is 6.54 Å². The molecule has 1 aromatic rings. The minimum Gasteiger partial charge on any atom is -0.270 e. The molecule has 0 saturated carbocycles. The molecule has 0 radical (unpaired) electrons. The van der Waals surface area contributed by atoms with E-state index in [0.29, 0.717) is 0 Å². The van der Waals surface area contributed by atoms with Gasteiger partial charge in [-0.3, -0.25) is 4.90 Å². The summed E-state index contributed by atoms with van der Waals surface area (Å²) in [6.45, 7) is 14.1. The molecule has 1 heterocycles. The minimum absolute atomic E-state index is 0.842. The van der Waals surface area contributed by atoms with Crippen molar-refractivity contribution in [3.8, 4) is 0 Å². The summed E-state index contributed by atoms with van der Waals surface area (Å²) >= 11 is 0. The average Bonchev–Trinajstić information content (AvgIpc) is 3.00. The molecule has 0 amide bonds. The third-order valence-electron chi connectivity index (χ3n) is 5.99. The van der Waals surface area contributed by atoms with Crippen LogP contribution in [0.15, 0.2) is 18.7 Å². The summed E-state index contributed by atoms with van der Waals surface area (Å²) in [6, 6.07) is 0. The Balaban J connectivity index is 2.43. The second-order valence-corrected chi connectivity index (χ2v) is 10.3. The van der Waals surface area contributed by atoms with E-state index in [-0.39, 0.29) is 0 Å². The summed E-state index contributed by atoms with van der Waals surface area (Å²) in [7, 11) is 4.38. The fraction of sp³-hybridized carbons (Fsp3) is 0.880. The zero-order valence-electron chi connectivity index (χ0n) is 20.2. The van der Waals surface area contributed by atoms with Crippen LogP contribution < -0.4 is 4.57 Å². The standard InChI is InChI=1S/C25H50N3/c1-22(2)11-8-9-14-25(16-15-24(5)13-10-12-23(3)4)19-27(7)21-28-18-17-26(6)20-28/h17-18,20,22-25H,8-16,19,21H2,1-7H3/q+1. The lowest BCUT2D eigenvalue weighted by molar-refractivity contribution is -0.671. The molecule has 0 aliphatic heterocycles. The first kappa shape index (κ1) is 25.2. The highest BCUT2D eigenvalue weighted by molar-refractivity contribution is 4.69. The Bertz CT molecular complexity index is 492. The minimum atomic E-state index is 0.842. The Hall–Kier alpha value is -0.830. The quantitative estimate of drug-likeness (QED) is 0.238. The van der Waals surface area contributed by atoms with Gasteiger partial charge in [-0.15, -0.1) is 0 Å². The van der Waals surface area contributed by atoms with Gasteiger partial charge >= 0.3 is 0 Å². The van der Waals surface area contributed by atoms with Crippen molar-refractivity contribution in [2.45, 2.75) is 99.1 Å². The number of hydrogen-bond donors (Lipinski definition) is 0. The van der Waals surface area contributed by atoms with Crippen LogP contribution in [0.2, 0.25) is 0 Å². The molecular weight excluding hydrogens is 342 g/mol. The van der Waals surface area contributed by atoms with Crippen molar-refractivity contribution in [3.05, 3.63) is 18.7 Å². The molecule has 1 aromatic heterocycles. The summed E-state index contributed by atoms with van der Waals surface area (Å²) < 4.78 is 4.40. The van der Waals surface area contributed by atoms with Crippen LogP contribution in [-0.2, 0) is 13.7 Å². The Morgan fingerprint density at radius 2 is 1.46 bits per heavy atom. The van der Waals surface area contributed by atoms with Crippen molar-refractivity contribution in [3.63, 3.8) is 0 Å². The van der Waals surface area contributed by atoms with Gasteiger partial charge in [0.1, 0.15) is 19.1 Å². The highest BCUT2D eigenvalue weighted by Gasteiger charge is 2.15. The van der Waals surface area contributed by atoms with E-state index in [1.165, 1.54) is 64.3 Å². The van der Waals surface area contributed by atoms with E-state index >= 15 is 0 Å². The number of aromatic nitrogens is 2. The van der Waals surface area contributed by atoms with Gasteiger partial charge in [0.2, 0.25) is 6.33 Å². The van der Waals surface area contributed by atoms with Crippen LogP contribution in [0.25, 0.3) is 0 Å². The molecule has 0 aliphatic rings. The summed E-state index contributed by atoms with van der Waals surface area (Å²) in [5.41, 5.74) is 0. The SMILES string of the molecule is CC(C)CCCCC(CCC(C)CCCC(C)C)CN(C)Cn1cc[n+](C)c1. The number of aryl methyl sites for hydroxylation is 1. The van der Waals surface area contributed by atoms with Crippen LogP contribution in [0, 0.1) is 23.7 Å². The van der Waals surface area contributed by atoms with Crippen molar-refractivity contribution in [1.82, 2.24) is 9.47 Å². The number of unbranched alkanes of at least 4 members (excludes halogenated alkanes) is 1. The number of nitrogens with zero attached hydrogens (tertiary/aromatic N) is 3. The summed E-state index contributed by atoms with van der Waals surface area (Å²) in [6.07, 6.45) is 19.0. The fourth-order valence-corrected chi connectivity index (χ4v) is 4.21. The molecule has 0 spiro atoms. The lowest BCUT2D eigenvalue weighted by Gasteiger charge is -2.24. The molecule has 1 rings (SSSR count). The largest absolute Gasteiger partial charge is 0.270 e. The molecule has 0 saturated heterocycles. The molecule has 164 valence electrons. The predicted molar refractivity (Wildman–Crippen MR) is 122 cm³/mol. The van der Waals surface area contributed by atoms with Crippen LogP contribution in [-0.4, -0.2) is 23.1 Å². The highest BCUT2D eigenvalue weighted by Crippen LogP contribution is 2.23. The smallest absolute Gasteiger partial charge is 0.244 e. The lowest BCUT2D eigenvalue weighted by Crippen LogP contribution is -2.29. The van der Waals surface area contributed by atoms with Gasteiger partial charge in [0.25, 0.3) is 0 Å². The van der Waals surface area contributed by atoms with E-state index in [9.17, 15) is 0 Å². The van der Waals surface area contributed by atoms with Gasteiger partial charge in [-0.05, 0) is 43.6 Å². The first-order valence-electron chi connectivity index (χ1n) is 12.0. The zero-order valence-corrected chi connectivity index (χ0v) is 20.2. The molecule has 2 atom stereocenters. The van der Waals surface area contributed by atoms with E-state index in [2.05, 4.69) is 81.5 Å². The molecule has 3 nitrogen and oxygen atoms in total. The average molecular weight is 393 g/mol. The topological polar surface area (TPSA) is 12.1 Å². The molecule has 0 N–H and O–H groups in total. The Labute approximate surface area is 176 Å². The Morgan fingerprint density at radius 1 is 0.821 bits per heavy atom.